The Hall–Kier alpha value is -3.79. The molecule has 0 fully saturated rings. The average molecular weight is 797 g/mol. The number of unbranched alkanes of at least 4 members (excludes halogenated alkanes) is 6. The number of hydrogen-bond acceptors (Lipinski definition) is 7. The molecule has 0 heterocycles. The molecule has 0 aromatic carbocycles. The number of rotatable bonds is 37. The summed E-state index contributed by atoms with van der Waals surface area (Å²) in [5, 5.41) is 9.62. The number of esters is 2. The highest BCUT2D eigenvalue weighted by molar-refractivity contribution is 5.71. The number of hydrogen-bond donors (Lipinski definition) is 1. The second kappa shape index (κ2) is 39.1. The van der Waals surface area contributed by atoms with Gasteiger partial charge >= 0.3 is 17.9 Å². The number of carbonyl (C=O) groups is 3. The van der Waals surface area contributed by atoms with E-state index in [1.54, 1.807) is 0 Å². The van der Waals surface area contributed by atoms with Crippen LogP contribution in [0.2, 0.25) is 0 Å². The van der Waals surface area contributed by atoms with Gasteiger partial charge in [0.15, 0.2) is 6.10 Å². The first-order valence-electron chi connectivity index (χ1n) is 21.4. The topological polar surface area (TPSA) is 108 Å². The van der Waals surface area contributed by atoms with Gasteiger partial charge in [-0.2, -0.15) is 0 Å². The van der Waals surface area contributed by atoms with E-state index in [9.17, 15) is 19.5 Å². The molecule has 0 aliphatic carbocycles. The molecule has 0 rings (SSSR count). The molecule has 1 N–H and O–H groups in total. The van der Waals surface area contributed by atoms with Crippen LogP contribution >= 0.6 is 0 Å². The smallest absolute Gasteiger partial charge is 0.361 e. The van der Waals surface area contributed by atoms with Crippen LogP contribution in [-0.2, 0) is 33.3 Å². The van der Waals surface area contributed by atoms with E-state index in [1.807, 2.05) is 33.3 Å². The van der Waals surface area contributed by atoms with Crippen LogP contribution in [0.4, 0.5) is 0 Å². The number of ether oxygens (including phenoxy) is 4. The molecule has 2 atom stereocenters. The monoisotopic (exact) mass is 797 g/mol. The lowest BCUT2D eigenvalue weighted by atomic mass is 10.1. The molecule has 0 aliphatic rings. The van der Waals surface area contributed by atoms with Crippen LogP contribution in [0.25, 0.3) is 0 Å². The van der Waals surface area contributed by atoms with Gasteiger partial charge in [-0.15, -0.1) is 0 Å². The van der Waals surface area contributed by atoms with Gasteiger partial charge in [0.05, 0.1) is 34.4 Å². The standard InChI is InChI=1S/C48H77NO8/c1-6-8-10-12-14-16-18-20-21-22-23-24-25-27-29-31-33-35-37-39-46(51)57-44(43-56-48(47(52)53)54-41-40-49(3,4)5)42-55-45(50)38-36-34-32-30-28-26-19-17-15-13-11-9-7-2/h8,10-11,13-14,16-17,19-21,23-24,27,29,33,35,44,48H,6-7,9,12,15,18,22,25-26,28,30-32,34,36-43H2,1-5H3/p+1/b10-8-,13-11-,16-14-,19-17-,21-20-,24-23-,29-27-,35-33-. The molecule has 0 amide bonds. The van der Waals surface area contributed by atoms with Crippen molar-refractivity contribution in [3.63, 3.8) is 0 Å². The fourth-order valence-corrected chi connectivity index (χ4v) is 5.01. The van der Waals surface area contributed by atoms with E-state index in [0.29, 0.717) is 23.9 Å². The van der Waals surface area contributed by atoms with Crippen molar-refractivity contribution in [3.05, 3.63) is 97.2 Å². The van der Waals surface area contributed by atoms with Crippen molar-refractivity contribution in [2.24, 2.45) is 0 Å². The normalized spacial score (nSPS) is 13.9. The van der Waals surface area contributed by atoms with Gasteiger partial charge in [0.1, 0.15) is 13.2 Å². The Morgan fingerprint density at radius 3 is 1.56 bits per heavy atom. The zero-order chi connectivity index (χ0) is 42.1. The number of carbonyl (C=O) groups excluding carboxylic acids is 2. The molecule has 9 nitrogen and oxygen atoms in total. The Kier molecular flexibility index (Phi) is 36.5. The fourth-order valence-electron chi connectivity index (χ4n) is 5.01. The maximum atomic E-state index is 12.7. The third-order valence-corrected chi connectivity index (χ3v) is 8.32. The maximum absolute atomic E-state index is 12.7. The van der Waals surface area contributed by atoms with Crippen LogP contribution in [-0.4, -0.2) is 87.4 Å². The van der Waals surface area contributed by atoms with Crippen LogP contribution in [0.1, 0.15) is 129 Å². The molecule has 0 saturated carbocycles. The number of carboxylic acids is 1. The molecular weight excluding hydrogens is 719 g/mol. The van der Waals surface area contributed by atoms with Crippen molar-refractivity contribution in [3.8, 4) is 0 Å². The highest BCUT2D eigenvalue weighted by Crippen LogP contribution is 2.10. The van der Waals surface area contributed by atoms with E-state index in [-0.39, 0.29) is 38.6 Å². The quantitative estimate of drug-likeness (QED) is 0.0218. The molecule has 9 heteroatoms. The molecular formula is C48H78NO8+. The minimum atomic E-state index is -1.54. The first-order chi connectivity index (χ1) is 27.6. The number of nitrogens with zero attached hydrogens (tertiary/aromatic N) is 1. The lowest BCUT2D eigenvalue weighted by Crippen LogP contribution is -2.40. The molecule has 0 spiro atoms. The van der Waals surface area contributed by atoms with Crippen LogP contribution in [0, 0.1) is 0 Å². The second-order valence-corrected chi connectivity index (χ2v) is 14.9. The molecule has 0 aromatic rings. The zero-order valence-corrected chi connectivity index (χ0v) is 36.2. The van der Waals surface area contributed by atoms with Crippen LogP contribution in [0.5, 0.6) is 0 Å². The SMILES string of the molecule is CC/C=C\C/C=C\C/C=C\C/C=C\C/C=C\C/C=C\CCC(=O)OC(COC(=O)CCCCCCC/C=C\C/C=C\CCC)COC(OCC[N+](C)(C)C)C(=O)O. The summed E-state index contributed by atoms with van der Waals surface area (Å²) in [5.74, 6) is -2.16. The van der Waals surface area contributed by atoms with Crippen molar-refractivity contribution < 1.29 is 42.9 Å². The Morgan fingerprint density at radius 1 is 0.544 bits per heavy atom. The van der Waals surface area contributed by atoms with Gasteiger partial charge in [-0.3, -0.25) is 9.59 Å². The van der Waals surface area contributed by atoms with Crippen molar-refractivity contribution >= 4 is 17.9 Å². The van der Waals surface area contributed by atoms with Crippen LogP contribution < -0.4 is 0 Å². The molecule has 2 unspecified atom stereocenters. The summed E-state index contributed by atoms with van der Waals surface area (Å²) in [6.07, 6.45) is 47.7. The van der Waals surface area contributed by atoms with E-state index >= 15 is 0 Å². The van der Waals surface area contributed by atoms with E-state index in [4.69, 9.17) is 18.9 Å². The highest BCUT2D eigenvalue weighted by Gasteiger charge is 2.25. The summed E-state index contributed by atoms with van der Waals surface area (Å²) in [4.78, 5) is 37.0. The summed E-state index contributed by atoms with van der Waals surface area (Å²) in [5.41, 5.74) is 0. The number of quaternary nitrogens is 1. The first kappa shape index (κ1) is 53.2. The van der Waals surface area contributed by atoms with E-state index in [2.05, 4.69) is 98.9 Å². The fraction of sp³-hybridized carbons (Fsp3) is 0.604. The third-order valence-electron chi connectivity index (χ3n) is 8.32. The van der Waals surface area contributed by atoms with Gasteiger partial charge in [0.2, 0.25) is 0 Å². The van der Waals surface area contributed by atoms with Gasteiger partial charge in [0, 0.05) is 12.8 Å². The first-order valence-corrected chi connectivity index (χ1v) is 21.4. The number of carboxylic acid groups (broad SMARTS) is 1. The maximum Gasteiger partial charge on any atom is 0.361 e. The Labute approximate surface area is 346 Å². The zero-order valence-electron chi connectivity index (χ0n) is 36.2. The Balaban J connectivity index is 4.65. The summed E-state index contributed by atoms with van der Waals surface area (Å²) >= 11 is 0. The minimum Gasteiger partial charge on any atom is -0.477 e. The second-order valence-electron chi connectivity index (χ2n) is 14.9. The van der Waals surface area contributed by atoms with Gasteiger partial charge in [-0.05, 0) is 77.0 Å². The summed E-state index contributed by atoms with van der Waals surface area (Å²) < 4.78 is 22.6. The van der Waals surface area contributed by atoms with Gasteiger partial charge in [-0.1, -0.05) is 137 Å². The molecule has 0 aromatic heterocycles. The van der Waals surface area contributed by atoms with E-state index < -0.39 is 24.3 Å². The Bertz CT molecular complexity index is 1250. The van der Waals surface area contributed by atoms with Gasteiger partial charge < -0.3 is 28.5 Å². The molecule has 57 heavy (non-hydrogen) atoms. The van der Waals surface area contributed by atoms with Gasteiger partial charge in [-0.25, -0.2) is 4.79 Å². The molecule has 0 aliphatic heterocycles. The van der Waals surface area contributed by atoms with E-state index in [1.165, 1.54) is 6.42 Å². The van der Waals surface area contributed by atoms with Crippen LogP contribution in [0.15, 0.2) is 97.2 Å². The summed E-state index contributed by atoms with van der Waals surface area (Å²) in [7, 11) is 5.91. The third kappa shape index (κ3) is 40.2. The lowest BCUT2D eigenvalue weighted by molar-refractivity contribution is -0.870. The molecule has 322 valence electrons. The Morgan fingerprint density at radius 2 is 1.04 bits per heavy atom. The number of likely N-dealkylation sites (N-methyl/N-ethyl adjacent to an activating group) is 1. The molecule has 0 saturated heterocycles. The minimum absolute atomic E-state index is 0.126. The van der Waals surface area contributed by atoms with Crippen LogP contribution in [0.3, 0.4) is 0 Å². The predicted molar refractivity (Wildman–Crippen MR) is 235 cm³/mol. The molecule has 0 radical (unpaired) electrons. The molecule has 0 bridgehead atoms. The van der Waals surface area contributed by atoms with Crippen molar-refractivity contribution in [1.29, 1.82) is 0 Å². The lowest BCUT2D eigenvalue weighted by Gasteiger charge is -2.25. The highest BCUT2D eigenvalue weighted by atomic mass is 16.7. The summed E-state index contributed by atoms with van der Waals surface area (Å²) in [6.45, 7) is 4.54. The van der Waals surface area contributed by atoms with Crippen molar-refractivity contribution in [2.75, 3.05) is 47.5 Å². The number of allylic oxidation sites excluding steroid dienone is 16. The number of aliphatic carboxylic acids is 1. The average Bonchev–Trinajstić information content (AvgIpc) is 3.17. The van der Waals surface area contributed by atoms with Crippen molar-refractivity contribution in [2.45, 2.75) is 142 Å². The van der Waals surface area contributed by atoms with Gasteiger partial charge in [0.25, 0.3) is 6.29 Å². The largest absolute Gasteiger partial charge is 0.477 e. The predicted octanol–water partition coefficient (Wildman–Crippen LogP) is 11.1. The van der Waals surface area contributed by atoms with Crippen molar-refractivity contribution in [1.82, 2.24) is 0 Å². The van der Waals surface area contributed by atoms with E-state index in [0.717, 1.165) is 83.5 Å². The summed E-state index contributed by atoms with van der Waals surface area (Å²) in [6, 6.07) is 0.